The van der Waals surface area contributed by atoms with E-state index in [2.05, 4.69) is 27.8 Å². The van der Waals surface area contributed by atoms with Crippen LogP contribution in [0.15, 0.2) is 18.3 Å². The molecule has 0 bridgehead atoms. The molecule has 3 heterocycles. The van der Waals surface area contributed by atoms with Crippen LogP contribution in [-0.2, 0) is 16.0 Å². The summed E-state index contributed by atoms with van der Waals surface area (Å²) in [7, 11) is 1.77. The van der Waals surface area contributed by atoms with Gasteiger partial charge in [0.05, 0.1) is 25.0 Å². The molecule has 0 saturated carbocycles. The smallest absolute Gasteiger partial charge is 0.0755 e. The molecule has 5 heteroatoms. The SMILES string of the molecule is COCCN1CCO[C@@H]2CCN(Cc3ncccc3C)C[C@H]21. The van der Waals surface area contributed by atoms with Crippen LogP contribution in [0.4, 0.5) is 0 Å². The maximum absolute atomic E-state index is 5.99. The molecule has 0 unspecified atom stereocenters. The third-order valence-electron chi connectivity index (χ3n) is 4.86. The minimum atomic E-state index is 0.381. The summed E-state index contributed by atoms with van der Waals surface area (Å²) in [5.74, 6) is 0. The Morgan fingerprint density at radius 3 is 3.14 bits per heavy atom. The van der Waals surface area contributed by atoms with Crippen molar-refractivity contribution in [3.05, 3.63) is 29.6 Å². The Morgan fingerprint density at radius 1 is 1.41 bits per heavy atom. The summed E-state index contributed by atoms with van der Waals surface area (Å²) in [6, 6.07) is 4.64. The molecule has 122 valence electrons. The molecule has 1 aromatic heterocycles. The monoisotopic (exact) mass is 305 g/mol. The maximum Gasteiger partial charge on any atom is 0.0755 e. The molecule has 5 nitrogen and oxygen atoms in total. The first-order valence-electron chi connectivity index (χ1n) is 8.25. The second-order valence-electron chi connectivity index (χ2n) is 6.30. The number of methoxy groups -OCH3 is 1. The van der Waals surface area contributed by atoms with Crippen molar-refractivity contribution in [2.24, 2.45) is 0 Å². The number of piperidine rings is 1. The molecule has 2 fully saturated rings. The van der Waals surface area contributed by atoms with Crippen molar-refractivity contribution in [1.82, 2.24) is 14.8 Å². The summed E-state index contributed by atoms with van der Waals surface area (Å²) in [5, 5.41) is 0. The van der Waals surface area contributed by atoms with E-state index in [1.807, 2.05) is 12.3 Å². The van der Waals surface area contributed by atoms with Gasteiger partial charge in [0, 0.05) is 52.1 Å². The van der Waals surface area contributed by atoms with Crippen LogP contribution in [0, 0.1) is 6.92 Å². The molecule has 0 radical (unpaired) electrons. The summed E-state index contributed by atoms with van der Waals surface area (Å²) in [6.07, 6.45) is 3.38. The highest BCUT2D eigenvalue weighted by Crippen LogP contribution is 2.24. The van der Waals surface area contributed by atoms with E-state index in [1.165, 1.54) is 11.3 Å². The number of nitrogens with zero attached hydrogens (tertiary/aromatic N) is 3. The quantitative estimate of drug-likeness (QED) is 0.820. The van der Waals surface area contributed by atoms with Crippen molar-refractivity contribution in [1.29, 1.82) is 0 Å². The highest BCUT2D eigenvalue weighted by molar-refractivity contribution is 5.17. The number of fused-ring (bicyclic) bond motifs is 1. The third-order valence-corrected chi connectivity index (χ3v) is 4.86. The number of likely N-dealkylation sites (tertiary alicyclic amines) is 1. The van der Waals surface area contributed by atoms with Gasteiger partial charge in [-0.1, -0.05) is 6.07 Å². The van der Waals surface area contributed by atoms with E-state index in [9.17, 15) is 0 Å². The van der Waals surface area contributed by atoms with Gasteiger partial charge < -0.3 is 9.47 Å². The first kappa shape index (κ1) is 15.9. The number of rotatable bonds is 5. The molecular weight excluding hydrogens is 278 g/mol. The average Bonchev–Trinajstić information content (AvgIpc) is 2.55. The van der Waals surface area contributed by atoms with Crippen molar-refractivity contribution >= 4 is 0 Å². The summed E-state index contributed by atoms with van der Waals surface area (Å²) >= 11 is 0. The minimum Gasteiger partial charge on any atom is -0.383 e. The predicted molar refractivity (Wildman–Crippen MR) is 85.8 cm³/mol. The number of hydrogen-bond acceptors (Lipinski definition) is 5. The molecule has 2 atom stereocenters. The average molecular weight is 305 g/mol. The lowest BCUT2D eigenvalue weighted by atomic mass is 9.98. The normalized spacial score (nSPS) is 26.8. The number of morpholine rings is 1. The van der Waals surface area contributed by atoms with E-state index in [0.717, 1.165) is 52.4 Å². The number of pyridine rings is 1. The fourth-order valence-electron chi connectivity index (χ4n) is 3.53. The van der Waals surface area contributed by atoms with Crippen molar-refractivity contribution < 1.29 is 9.47 Å². The molecule has 22 heavy (non-hydrogen) atoms. The highest BCUT2D eigenvalue weighted by Gasteiger charge is 2.36. The largest absolute Gasteiger partial charge is 0.383 e. The Kier molecular flexibility index (Phi) is 5.41. The molecule has 0 aromatic carbocycles. The van der Waals surface area contributed by atoms with Crippen molar-refractivity contribution in [2.75, 3.05) is 46.5 Å². The molecule has 0 amide bonds. The summed E-state index contributed by atoms with van der Waals surface area (Å²) in [6.45, 7) is 8.89. The van der Waals surface area contributed by atoms with Crippen molar-refractivity contribution in [2.45, 2.75) is 32.0 Å². The lowest BCUT2D eigenvalue weighted by Crippen LogP contribution is -2.60. The molecule has 0 aliphatic carbocycles. The van der Waals surface area contributed by atoms with Crippen LogP contribution in [-0.4, -0.2) is 73.4 Å². The van der Waals surface area contributed by atoms with Gasteiger partial charge in [0.1, 0.15) is 0 Å². The second-order valence-corrected chi connectivity index (χ2v) is 6.30. The van der Waals surface area contributed by atoms with E-state index in [4.69, 9.17) is 9.47 Å². The van der Waals surface area contributed by atoms with Crippen LogP contribution in [0.1, 0.15) is 17.7 Å². The zero-order valence-corrected chi connectivity index (χ0v) is 13.7. The Morgan fingerprint density at radius 2 is 2.32 bits per heavy atom. The molecule has 2 aliphatic rings. The van der Waals surface area contributed by atoms with Gasteiger partial charge in [0.25, 0.3) is 0 Å². The van der Waals surface area contributed by atoms with E-state index in [1.54, 1.807) is 7.11 Å². The van der Waals surface area contributed by atoms with Crippen molar-refractivity contribution in [3.63, 3.8) is 0 Å². The summed E-state index contributed by atoms with van der Waals surface area (Å²) in [4.78, 5) is 9.59. The lowest BCUT2D eigenvalue weighted by molar-refractivity contribution is -0.107. The van der Waals surface area contributed by atoms with Gasteiger partial charge in [0.2, 0.25) is 0 Å². The Hall–Kier alpha value is -1.01. The molecule has 0 N–H and O–H groups in total. The van der Waals surface area contributed by atoms with Gasteiger partial charge in [-0.2, -0.15) is 0 Å². The van der Waals surface area contributed by atoms with E-state index < -0.39 is 0 Å². The van der Waals surface area contributed by atoms with Crippen LogP contribution >= 0.6 is 0 Å². The van der Waals surface area contributed by atoms with E-state index in [-0.39, 0.29) is 0 Å². The predicted octanol–water partition coefficient (Wildman–Crippen LogP) is 1.31. The molecule has 0 spiro atoms. The molecule has 3 rings (SSSR count). The molecular formula is C17H27N3O2. The fourth-order valence-corrected chi connectivity index (χ4v) is 3.53. The summed E-state index contributed by atoms with van der Waals surface area (Å²) < 4.78 is 11.2. The van der Waals surface area contributed by atoms with Gasteiger partial charge in [-0.05, 0) is 25.0 Å². The Bertz CT molecular complexity index is 483. The standard InChI is InChI=1S/C17H27N3O2/c1-14-4-3-6-18-15(14)12-19-7-5-17-16(13-19)20(8-10-21-2)9-11-22-17/h3-4,6,16-17H,5,7-13H2,1-2H3/t16-,17-/m1/s1. The van der Waals surface area contributed by atoms with Crippen LogP contribution in [0.5, 0.6) is 0 Å². The topological polar surface area (TPSA) is 37.8 Å². The highest BCUT2D eigenvalue weighted by atomic mass is 16.5. The maximum atomic E-state index is 5.99. The van der Waals surface area contributed by atoms with Gasteiger partial charge in [-0.15, -0.1) is 0 Å². The van der Waals surface area contributed by atoms with Crippen LogP contribution in [0.25, 0.3) is 0 Å². The number of aromatic nitrogens is 1. The number of ether oxygens (including phenoxy) is 2. The number of hydrogen-bond donors (Lipinski definition) is 0. The third kappa shape index (κ3) is 3.66. The first-order valence-corrected chi connectivity index (χ1v) is 8.25. The summed E-state index contributed by atoms with van der Waals surface area (Å²) in [5.41, 5.74) is 2.47. The lowest BCUT2D eigenvalue weighted by Gasteiger charge is -2.47. The van der Waals surface area contributed by atoms with Crippen molar-refractivity contribution in [3.8, 4) is 0 Å². The second kappa shape index (κ2) is 7.51. The van der Waals surface area contributed by atoms with Crippen LogP contribution in [0.2, 0.25) is 0 Å². The first-order chi connectivity index (χ1) is 10.8. The zero-order chi connectivity index (χ0) is 15.4. The number of aryl methyl sites for hydroxylation is 1. The van der Waals surface area contributed by atoms with E-state index in [0.29, 0.717) is 12.1 Å². The van der Waals surface area contributed by atoms with Gasteiger partial charge in [0.15, 0.2) is 0 Å². The van der Waals surface area contributed by atoms with E-state index >= 15 is 0 Å². The van der Waals surface area contributed by atoms with Gasteiger partial charge >= 0.3 is 0 Å². The molecule has 1 aromatic rings. The van der Waals surface area contributed by atoms with Crippen LogP contribution in [0.3, 0.4) is 0 Å². The minimum absolute atomic E-state index is 0.381. The Balaban J connectivity index is 1.63. The fraction of sp³-hybridized carbons (Fsp3) is 0.706. The van der Waals surface area contributed by atoms with Gasteiger partial charge in [-0.3, -0.25) is 14.8 Å². The van der Waals surface area contributed by atoms with Gasteiger partial charge in [-0.25, -0.2) is 0 Å². The Labute approximate surface area is 133 Å². The van der Waals surface area contributed by atoms with Crippen LogP contribution < -0.4 is 0 Å². The molecule has 2 aliphatic heterocycles. The zero-order valence-electron chi connectivity index (χ0n) is 13.7. The molecule has 2 saturated heterocycles.